The summed E-state index contributed by atoms with van der Waals surface area (Å²) in [6.07, 6.45) is 2.69. The van der Waals surface area contributed by atoms with E-state index < -0.39 is 5.97 Å². The van der Waals surface area contributed by atoms with Crippen LogP contribution in [0.1, 0.15) is 34.1 Å². The molecule has 1 unspecified atom stereocenters. The van der Waals surface area contributed by atoms with Gasteiger partial charge in [0.25, 0.3) is 5.56 Å². The molecule has 0 bridgehead atoms. The van der Waals surface area contributed by atoms with E-state index in [1.165, 1.54) is 18.4 Å². The molecule has 1 aliphatic carbocycles. The SMILES string of the molecule is COC(=O)c1c(NC(=O)CSc2nnc(-c3ccccc3)c(=O)[nH]2)sc2c1CCC(C)C2. The van der Waals surface area contributed by atoms with Gasteiger partial charge in [-0.15, -0.1) is 21.5 Å². The van der Waals surface area contributed by atoms with Crippen LogP contribution in [0, 0.1) is 5.92 Å². The summed E-state index contributed by atoms with van der Waals surface area (Å²) in [4.78, 5) is 41.1. The largest absolute Gasteiger partial charge is 0.465 e. The number of benzene rings is 1. The minimum atomic E-state index is -0.438. The van der Waals surface area contributed by atoms with Gasteiger partial charge in [0.05, 0.1) is 18.4 Å². The minimum Gasteiger partial charge on any atom is -0.465 e. The number of methoxy groups -OCH3 is 1. The van der Waals surface area contributed by atoms with Gasteiger partial charge in [-0.3, -0.25) is 14.6 Å². The highest BCUT2D eigenvalue weighted by Crippen LogP contribution is 2.40. The lowest BCUT2D eigenvalue weighted by Gasteiger charge is -2.18. The Balaban J connectivity index is 1.45. The number of carbonyl (C=O) groups excluding carboxylic acids is 2. The Kier molecular flexibility index (Phi) is 6.71. The molecule has 32 heavy (non-hydrogen) atoms. The van der Waals surface area contributed by atoms with Crippen molar-refractivity contribution in [2.45, 2.75) is 31.3 Å². The molecule has 0 saturated carbocycles. The van der Waals surface area contributed by atoms with Gasteiger partial charge in [0.15, 0.2) is 10.9 Å². The summed E-state index contributed by atoms with van der Waals surface area (Å²) in [6.45, 7) is 2.18. The van der Waals surface area contributed by atoms with Gasteiger partial charge in [0.1, 0.15) is 5.00 Å². The Morgan fingerprint density at radius 1 is 1.28 bits per heavy atom. The summed E-state index contributed by atoms with van der Waals surface area (Å²) in [7, 11) is 1.34. The first-order valence-electron chi connectivity index (χ1n) is 10.1. The molecule has 0 saturated heterocycles. The summed E-state index contributed by atoms with van der Waals surface area (Å²) in [5.74, 6) is -0.192. The van der Waals surface area contributed by atoms with Crippen LogP contribution in [-0.4, -0.2) is 39.9 Å². The van der Waals surface area contributed by atoms with Crippen molar-refractivity contribution in [2.75, 3.05) is 18.2 Å². The van der Waals surface area contributed by atoms with Crippen LogP contribution < -0.4 is 10.9 Å². The van der Waals surface area contributed by atoms with Gasteiger partial charge in [0, 0.05) is 10.4 Å². The van der Waals surface area contributed by atoms with E-state index in [2.05, 4.69) is 27.4 Å². The number of fused-ring (bicyclic) bond motifs is 1. The molecule has 3 aromatic rings. The average Bonchev–Trinajstić information content (AvgIpc) is 3.14. The number of nitrogens with one attached hydrogen (secondary N) is 2. The van der Waals surface area contributed by atoms with E-state index in [0.717, 1.165) is 41.5 Å². The average molecular weight is 471 g/mol. The number of amides is 1. The van der Waals surface area contributed by atoms with Gasteiger partial charge in [0.2, 0.25) is 5.91 Å². The highest BCUT2D eigenvalue weighted by Gasteiger charge is 2.28. The Morgan fingerprint density at radius 3 is 2.78 bits per heavy atom. The maximum atomic E-state index is 12.6. The fraction of sp³-hybridized carbons (Fsp3) is 0.318. The topological polar surface area (TPSA) is 114 Å². The maximum Gasteiger partial charge on any atom is 0.341 e. The minimum absolute atomic E-state index is 0.00882. The van der Waals surface area contributed by atoms with Crippen LogP contribution >= 0.6 is 23.1 Å². The molecule has 2 heterocycles. The molecule has 0 radical (unpaired) electrons. The first-order valence-corrected chi connectivity index (χ1v) is 11.9. The van der Waals surface area contributed by atoms with Crippen LogP contribution in [-0.2, 0) is 22.4 Å². The predicted molar refractivity (Wildman–Crippen MR) is 124 cm³/mol. The van der Waals surface area contributed by atoms with Gasteiger partial charge in [-0.25, -0.2) is 4.79 Å². The number of esters is 1. The number of rotatable bonds is 6. The van der Waals surface area contributed by atoms with E-state index in [-0.39, 0.29) is 28.1 Å². The molecule has 1 atom stereocenters. The van der Waals surface area contributed by atoms with Crippen molar-refractivity contribution in [3.8, 4) is 11.3 Å². The molecular formula is C22H22N4O4S2. The fourth-order valence-electron chi connectivity index (χ4n) is 3.63. The normalized spacial score (nSPS) is 15.1. The van der Waals surface area contributed by atoms with Crippen LogP contribution in [0.25, 0.3) is 11.3 Å². The predicted octanol–water partition coefficient (Wildman–Crippen LogP) is 3.54. The number of hydrogen-bond donors (Lipinski definition) is 2. The molecule has 0 spiro atoms. The van der Waals surface area contributed by atoms with E-state index in [1.807, 2.05) is 18.2 Å². The third kappa shape index (κ3) is 4.76. The number of nitrogens with zero attached hydrogens (tertiary/aromatic N) is 2. The zero-order valence-electron chi connectivity index (χ0n) is 17.6. The summed E-state index contributed by atoms with van der Waals surface area (Å²) in [6, 6.07) is 9.04. The Labute approximate surface area is 192 Å². The molecule has 1 aromatic carbocycles. The van der Waals surface area contributed by atoms with Crippen LogP contribution in [0.3, 0.4) is 0 Å². The van der Waals surface area contributed by atoms with Crippen molar-refractivity contribution in [3.63, 3.8) is 0 Å². The number of H-pyrrole nitrogens is 1. The Hall–Kier alpha value is -2.98. The fourth-order valence-corrected chi connectivity index (χ4v) is 5.64. The van der Waals surface area contributed by atoms with E-state index >= 15 is 0 Å². The second-order valence-electron chi connectivity index (χ2n) is 7.56. The highest BCUT2D eigenvalue weighted by molar-refractivity contribution is 7.99. The van der Waals surface area contributed by atoms with Crippen LogP contribution in [0.5, 0.6) is 0 Å². The highest BCUT2D eigenvalue weighted by atomic mass is 32.2. The lowest BCUT2D eigenvalue weighted by molar-refractivity contribution is -0.113. The molecule has 2 aromatic heterocycles. The summed E-state index contributed by atoms with van der Waals surface area (Å²) < 4.78 is 4.95. The van der Waals surface area contributed by atoms with Gasteiger partial charge in [-0.1, -0.05) is 49.0 Å². The molecule has 0 aliphatic heterocycles. The lowest BCUT2D eigenvalue weighted by Crippen LogP contribution is -2.18. The zero-order valence-corrected chi connectivity index (χ0v) is 19.3. The first kappa shape index (κ1) is 22.2. The molecule has 4 rings (SSSR count). The van der Waals surface area contributed by atoms with Gasteiger partial charge < -0.3 is 10.1 Å². The number of thioether (sulfide) groups is 1. The quantitative estimate of drug-likeness (QED) is 0.418. The van der Waals surface area contributed by atoms with Crippen molar-refractivity contribution < 1.29 is 14.3 Å². The Morgan fingerprint density at radius 2 is 2.06 bits per heavy atom. The van der Waals surface area contributed by atoms with Gasteiger partial charge in [-0.05, 0) is 30.7 Å². The Bertz CT molecular complexity index is 1210. The number of aromatic amines is 1. The third-order valence-corrected chi connectivity index (χ3v) is 7.25. The van der Waals surface area contributed by atoms with Gasteiger partial charge in [-0.2, -0.15) is 0 Å². The van der Waals surface area contributed by atoms with Crippen molar-refractivity contribution >= 4 is 40.0 Å². The van der Waals surface area contributed by atoms with Gasteiger partial charge >= 0.3 is 5.97 Å². The van der Waals surface area contributed by atoms with E-state index in [4.69, 9.17) is 4.74 Å². The molecule has 10 heteroatoms. The summed E-state index contributed by atoms with van der Waals surface area (Å²) in [5, 5.41) is 11.6. The lowest BCUT2D eigenvalue weighted by atomic mass is 9.88. The van der Waals surface area contributed by atoms with Crippen molar-refractivity contribution in [3.05, 3.63) is 56.7 Å². The van der Waals surface area contributed by atoms with E-state index in [9.17, 15) is 14.4 Å². The second kappa shape index (κ2) is 9.66. The molecule has 0 fully saturated rings. The van der Waals surface area contributed by atoms with Crippen molar-refractivity contribution in [2.24, 2.45) is 5.92 Å². The standard InChI is InChI=1S/C22H22N4O4S2/c1-12-8-9-14-15(10-12)32-20(17(14)21(29)30-2)23-16(27)11-31-22-24-19(28)18(25-26-22)13-6-4-3-5-7-13/h3-7,12H,8-11H2,1-2H3,(H,23,27)(H,24,26,28). The van der Waals surface area contributed by atoms with Crippen LogP contribution in [0.15, 0.2) is 40.3 Å². The molecule has 1 aliphatic rings. The van der Waals surface area contributed by atoms with Crippen LogP contribution in [0.2, 0.25) is 0 Å². The zero-order chi connectivity index (χ0) is 22.7. The smallest absolute Gasteiger partial charge is 0.341 e. The summed E-state index contributed by atoms with van der Waals surface area (Å²) >= 11 is 2.50. The molecule has 1 amide bonds. The third-order valence-electron chi connectivity index (χ3n) is 5.22. The maximum absolute atomic E-state index is 12.6. The van der Waals surface area contributed by atoms with E-state index in [0.29, 0.717) is 22.0 Å². The summed E-state index contributed by atoms with van der Waals surface area (Å²) in [5.41, 5.74) is 1.96. The number of aromatic nitrogens is 3. The van der Waals surface area contributed by atoms with Crippen LogP contribution in [0.4, 0.5) is 5.00 Å². The molecular weight excluding hydrogens is 448 g/mol. The van der Waals surface area contributed by atoms with E-state index in [1.54, 1.807) is 12.1 Å². The first-order chi connectivity index (χ1) is 15.5. The van der Waals surface area contributed by atoms with Crippen molar-refractivity contribution in [1.82, 2.24) is 15.2 Å². The number of ether oxygens (including phenoxy) is 1. The molecule has 166 valence electrons. The molecule has 8 nitrogen and oxygen atoms in total. The second-order valence-corrected chi connectivity index (χ2v) is 9.63. The monoisotopic (exact) mass is 470 g/mol. The number of carbonyl (C=O) groups is 2. The molecule has 2 N–H and O–H groups in total. The number of hydrogen-bond acceptors (Lipinski definition) is 8. The number of thiophene rings is 1. The van der Waals surface area contributed by atoms with Crippen molar-refractivity contribution in [1.29, 1.82) is 0 Å². The number of anilines is 1.